The molecule has 0 amide bonds. The van der Waals surface area contributed by atoms with E-state index in [4.69, 9.17) is 21.7 Å². The molecule has 1 atom stereocenters. The summed E-state index contributed by atoms with van der Waals surface area (Å²) in [5, 5.41) is 7.08. The monoisotopic (exact) mass is 260 g/mol. The van der Waals surface area contributed by atoms with E-state index in [-0.39, 0.29) is 5.60 Å². The lowest BCUT2D eigenvalue weighted by Crippen LogP contribution is -2.44. The van der Waals surface area contributed by atoms with Crippen molar-refractivity contribution >= 4 is 17.3 Å². The fourth-order valence-electron chi connectivity index (χ4n) is 1.83. The number of rotatable bonds is 7. The molecule has 0 aromatic carbocycles. The molecule has 1 aliphatic heterocycles. The summed E-state index contributed by atoms with van der Waals surface area (Å²) in [6, 6.07) is 0. The SMILES string of the molecule is CCOCCCNC(=S)NCC1(C)CCCO1. The fraction of sp³-hybridized carbons (Fsp3) is 0.917. The molecule has 0 radical (unpaired) electrons. The molecule has 1 unspecified atom stereocenters. The predicted molar refractivity (Wildman–Crippen MR) is 73.3 cm³/mol. The Kier molecular flexibility index (Phi) is 6.77. The standard InChI is InChI=1S/C12H24N2O2S/c1-3-15-8-5-7-13-11(17)14-10-12(2)6-4-9-16-12/h3-10H2,1-2H3,(H2,13,14,17). The Labute approximate surface area is 109 Å². The molecule has 0 bridgehead atoms. The number of hydrogen-bond acceptors (Lipinski definition) is 3. The van der Waals surface area contributed by atoms with E-state index in [1.807, 2.05) is 6.92 Å². The molecule has 0 aromatic rings. The van der Waals surface area contributed by atoms with Crippen LogP contribution in [0, 0.1) is 0 Å². The topological polar surface area (TPSA) is 42.5 Å². The summed E-state index contributed by atoms with van der Waals surface area (Å²) in [4.78, 5) is 0. The summed E-state index contributed by atoms with van der Waals surface area (Å²) in [5.41, 5.74) is -0.0446. The van der Waals surface area contributed by atoms with Gasteiger partial charge in [-0.1, -0.05) is 0 Å². The van der Waals surface area contributed by atoms with Gasteiger partial charge in [-0.3, -0.25) is 0 Å². The van der Waals surface area contributed by atoms with Crippen molar-refractivity contribution in [3.8, 4) is 0 Å². The molecule has 17 heavy (non-hydrogen) atoms. The number of ether oxygens (including phenoxy) is 2. The number of hydrogen-bond donors (Lipinski definition) is 2. The Balaban J connectivity index is 2.01. The van der Waals surface area contributed by atoms with Crippen molar-refractivity contribution in [2.75, 3.05) is 32.9 Å². The average Bonchev–Trinajstić information content (AvgIpc) is 2.74. The third-order valence-corrected chi connectivity index (χ3v) is 3.17. The van der Waals surface area contributed by atoms with Gasteiger partial charge in [-0.25, -0.2) is 0 Å². The van der Waals surface area contributed by atoms with Crippen LogP contribution in [0.3, 0.4) is 0 Å². The summed E-state index contributed by atoms with van der Waals surface area (Å²) in [7, 11) is 0. The third-order valence-electron chi connectivity index (χ3n) is 2.88. The van der Waals surface area contributed by atoms with Gasteiger partial charge in [-0.05, 0) is 45.3 Å². The Morgan fingerprint density at radius 2 is 2.29 bits per heavy atom. The molecule has 2 N–H and O–H groups in total. The van der Waals surface area contributed by atoms with Gasteiger partial charge in [0.25, 0.3) is 0 Å². The minimum absolute atomic E-state index is 0.0446. The van der Waals surface area contributed by atoms with Crippen molar-refractivity contribution in [2.24, 2.45) is 0 Å². The summed E-state index contributed by atoms with van der Waals surface area (Å²) < 4.78 is 10.9. The molecule has 1 aliphatic rings. The van der Waals surface area contributed by atoms with Crippen LogP contribution in [0.5, 0.6) is 0 Å². The molecule has 5 heteroatoms. The minimum Gasteiger partial charge on any atom is -0.382 e. The van der Waals surface area contributed by atoms with E-state index in [0.29, 0.717) is 5.11 Å². The zero-order chi connectivity index (χ0) is 12.6. The van der Waals surface area contributed by atoms with Crippen LogP contribution in [0.2, 0.25) is 0 Å². The number of thiocarbonyl (C=S) groups is 1. The van der Waals surface area contributed by atoms with Crippen molar-refractivity contribution < 1.29 is 9.47 Å². The van der Waals surface area contributed by atoms with Gasteiger partial charge < -0.3 is 20.1 Å². The summed E-state index contributed by atoms with van der Waals surface area (Å²) in [6.45, 7) is 8.19. The first-order valence-electron chi connectivity index (χ1n) is 6.40. The van der Waals surface area contributed by atoms with E-state index in [0.717, 1.165) is 52.2 Å². The quantitative estimate of drug-likeness (QED) is 0.536. The predicted octanol–water partition coefficient (Wildman–Crippen LogP) is 1.45. The van der Waals surface area contributed by atoms with E-state index in [1.165, 1.54) is 0 Å². The maximum atomic E-state index is 5.68. The molecule has 0 aromatic heterocycles. The molecular formula is C12H24N2O2S. The van der Waals surface area contributed by atoms with Gasteiger partial charge in [0, 0.05) is 32.9 Å². The van der Waals surface area contributed by atoms with Crippen molar-refractivity contribution in [2.45, 2.75) is 38.7 Å². The summed E-state index contributed by atoms with van der Waals surface area (Å²) >= 11 is 5.20. The van der Waals surface area contributed by atoms with Crippen molar-refractivity contribution in [1.82, 2.24) is 10.6 Å². The molecule has 0 aliphatic carbocycles. The van der Waals surface area contributed by atoms with Gasteiger partial charge in [0.1, 0.15) is 0 Å². The van der Waals surface area contributed by atoms with E-state index >= 15 is 0 Å². The van der Waals surface area contributed by atoms with Gasteiger partial charge in [-0.15, -0.1) is 0 Å². The van der Waals surface area contributed by atoms with E-state index < -0.39 is 0 Å². The van der Waals surface area contributed by atoms with Gasteiger partial charge in [-0.2, -0.15) is 0 Å². The minimum atomic E-state index is -0.0446. The Morgan fingerprint density at radius 1 is 1.47 bits per heavy atom. The average molecular weight is 260 g/mol. The molecule has 1 rings (SSSR count). The van der Waals surface area contributed by atoms with Crippen LogP contribution < -0.4 is 10.6 Å². The van der Waals surface area contributed by atoms with Crippen molar-refractivity contribution in [3.63, 3.8) is 0 Å². The number of nitrogens with one attached hydrogen (secondary N) is 2. The second-order valence-electron chi connectivity index (χ2n) is 4.56. The van der Waals surface area contributed by atoms with Crippen LogP contribution in [0.4, 0.5) is 0 Å². The van der Waals surface area contributed by atoms with Gasteiger partial charge in [0.15, 0.2) is 5.11 Å². The van der Waals surface area contributed by atoms with E-state index in [9.17, 15) is 0 Å². The molecule has 0 spiro atoms. The molecule has 100 valence electrons. The van der Waals surface area contributed by atoms with Crippen LogP contribution in [0.15, 0.2) is 0 Å². The highest BCUT2D eigenvalue weighted by Crippen LogP contribution is 2.23. The lowest BCUT2D eigenvalue weighted by atomic mass is 10.0. The summed E-state index contributed by atoms with van der Waals surface area (Å²) in [5.74, 6) is 0. The third kappa shape index (κ3) is 6.19. The second-order valence-corrected chi connectivity index (χ2v) is 4.97. The lowest BCUT2D eigenvalue weighted by Gasteiger charge is -2.24. The maximum absolute atomic E-state index is 5.68. The Hall–Kier alpha value is -0.390. The molecule has 0 saturated carbocycles. The molecule has 1 saturated heterocycles. The first kappa shape index (κ1) is 14.7. The van der Waals surface area contributed by atoms with Gasteiger partial charge >= 0.3 is 0 Å². The van der Waals surface area contributed by atoms with Crippen LogP contribution in [-0.4, -0.2) is 43.6 Å². The first-order chi connectivity index (χ1) is 8.16. The zero-order valence-corrected chi connectivity index (χ0v) is 11.7. The van der Waals surface area contributed by atoms with Crippen LogP contribution in [0.25, 0.3) is 0 Å². The highest BCUT2D eigenvalue weighted by molar-refractivity contribution is 7.80. The summed E-state index contributed by atoms with van der Waals surface area (Å²) in [6.07, 6.45) is 3.23. The van der Waals surface area contributed by atoms with Crippen LogP contribution >= 0.6 is 12.2 Å². The molecule has 4 nitrogen and oxygen atoms in total. The highest BCUT2D eigenvalue weighted by atomic mass is 32.1. The lowest BCUT2D eigenvalue weighted by molar-refractivity contribution is 0.0244. The fourth-order valence-corrected chi connectivity index (χ4v) is 2.00. The van der Waals surface area contributed by atoms with E-state index in [2.05, 4.69) is 17.6 Å². The smallest absolute Gasteiger partial charge is 0.166 e. The largest absolute Gasteiger partial charge is 0.382 e. The Morgan fingerprint density at radius 3 is 2.94 bits per heavy atom. The van der Waals surface area contributed by atoms with Crippen LogP contribution in [-0.2, 0) is 9.47 Å². The van der Waals surface area contributed by atoms with Crippen molar-refractivity contribution in [3.05, 3.63) is 0 Å². The molecule has 1 fully saturated rings. The van der Waals surface area contributed by atoms with Gasteiger partial charge in [0.05, 0.1) is 5.60 Å². The van der Waals surface area contributed by atoms with Crippen molar-refractivity contribution in [1.29, 1.82) is 0 Å². The Bertz CT molecular complexity index is 231. The molecular weight excluding hydrogens is 236 g/mol. The zero-order valence-electron chi connectivity index (χ0n) is 10.9. The van der Waals surface area contributed by atoms with E-state index in [1.54, 1.807) is 0 Å². The normalized spacial score (nSPS) is 23.6. The second kappa shape index (κ2) is 7.84. The molecule has 1 heterocycles. The van der Waals surface area contributed by atoms with Gasteiger partial charge in [0.2, 0.25) is 0 Å². The van der Waals surface area contributed by atoms with Crippen LogP contribution in [0.1, 0.15) is 33.1 Å². The highest BCUT2D eigenvalue weighted by Gasteiger charge is 2.29. The maximum Gasteiger partial charge on any atom is 0.166 e. The first-order valence-corrected chi connectivity index (χ1v) is 6.80.